The van der Waals surface area contributed by atoms with Crippen LogP contribution >= 0.6 is 0 Å². The molecular weight excluding hydrogens is 400 g/mol. The third-order valence-electron chi connectivity index (χ3n) is 4.77. The van der Waals surface area contributed by atoms with Crippen molar-refractivity contribution in [3.05, 3.63) is 54.1 Å². The van der Waals surface area contributed by atoms with E-state index in [1.807, 2.05) is 31.2 Å². The van der Waals surface area contributed by atoms with E-state index in [9.17, 15) is 13.2 Å². The van der Waals surface area contributed by atoms with Crippen molar-refractivity contribution >= 4 is 27.3 Å². The van der Waals surface area contributed by atoms with Gasteiger partial charge in [-0.3, -0.25) is 9.10 Å². The maximum atomic E-state index is 13.0. The van der Waals surface area contributed by atoms with E-state index in [0.29, 0.717) is 30.2 Å². The molecule has 0 heterocycles. The molecule has 7 heteroatoms. The minimum atomic E-state index is -3.68. The molecule has 0 fully saturated rings. The minimum absolute atomic E-state index is 0.334. The second kappa shape index (κ2) is 11.0. The molecule has 1 amide bonds. The average Bonchev–Trinajstić information content (AvgIpc) is 2.71. The summed E-state index contributed by atoms with van der Waals surface area (Å²) in [5.41, 5.74) is 2.30. The van der Waals surface area contributed by atoms with Crippen LogP contribution in [0.5, 0.6) is 5.75 Å². The van der Waals surface area contributed by atoms with E-state index in [1.165, 1.54) is 9.87 Å². The molecule has 1 unspecified atom stereocenters. The number of hydrogen-bond donors (Lipinski definition) is 1. The molecule has 0 bridgehead atoms. The molecular formula is C23H32N2O4S. The van der Waals surface area contributed by atoms with Crippen LogP contribution in [0.2, 0.25) is 0 Å². The summed E-state index contributed by atoms with van der Waals surface area (Å²) < 4.78 is 31.7. The Kier molecular flexibility index (Phi) is 8.72. The number of rotatable bonds is 11. The van der Waals surface area contributed by atoms with Crippen LogP contribution in [0, 0.1) is 0 Å². The van der Waals surface area contributed by atoms with Gasteiger partial charge in [0.2, 0.25) is 15.9 Å². The lowest BCUT2D eigenvalue weighted by atomic mass is 10.1. The molecule has 0 aromatic heterocycles. The Morgan fingerprint density at radius 2 is 1.67 bits per heavy atom. The zero-order valence-electron chi connectivity index (χ0n) is 18.2. The van der Waals surface area contributed by atoms with Crippen LogP contribution < -0.4 is 14.4 Å². The third kappa shape index (κ3) is 6.49. The number of aryl methyl sites for hydroxylation is 1. The van der Waals surface area contributed by atoms with Crippen molar-refractivity contribution in [2.45, 2.75) is 52.5 Å². The lowest BCUT2D eigenvalue weighted by Gasteiger charge is -2.30. The van der Waals surface area contributed by atoms with E-state index in [4.69, 9.17) is 4.74 Å². The fourth-order valence-electron chi connectivity index (χ4n) is 3.28. The normalized spacial score (nSPS) is 12.3. The molecule has 30 heavy (non-hydrogen) atoms. The topological polar surface area (TPSA) is 75.7 Å². The first kappa shape index (κ1) is 23.7. The van der Waals surface area contributed by atoms with Gasteiger partial charge in [0.25, 0.3) is 0 Å². The van der Waals surface area contributed by atoms with Crippen LogP contribution in [0.15, 0.2) is 48.5 Å². The van der Waals surface area contributed by atoms with Crippen molar-refractivity contribution in [3.63, 3.8) is 0 Å². The first-order chi connectivity index (χ1) is 14.3. The lowest BCUT2D eigenvalue weighted by molar-refractivity contribution is -0.117. The van der Waals surface area contributed by atoms with Gasteiger partial charge in [0.1, 0.15) is 11.8 Å². The van der Waals surface area contributed by atoms with Crippen molar-refractivity contribution in [2.24, 2.45) is 0 Å². The summed E-state index contributed by atoms with van der Waals surface area (Å²) in [6.45, 7) is 6.35. The summed E-state index contributed by atoms with van der Waals surface area (Å²) >= 11 is 0. The summed E-state index contributed by atoms with van der Waals surface area (Å²) in [4.78, 5) is 13.0. The molecule has 6 nitrogen and oxygen atoms in total. The van der Waals surface area contributed by atoms with Crippen LogP contribution in [0.4, 0.5) is 11.4 Å². The van der Waals surface area contributed by atoms with Crippen molar-refractivity contribution < 1.29 is 17.9 Å². The number of hydrogen-bond acceptors (Lipinski definition) is 4. The number of sulfonamides is 1. The summed E-state index contributed by atoms with van der Waals surface area (Å²) in [5.74, 6) is 0.286. The van der Waals surface area contributed by atoms with Crippen LogP contribution in [0.1, 0.15) is 45.6 Å². The molecule has 0 spiro atoms. The van der Waals surface area contributed by atoms with Gasteiger partial charge in [-0.2, -0.15) is 0 Å². The third-order valence-corrected chi connectivity index (χ3v) is 5.95. The molecule has 0 aliphatic carbocycles. The molecule has 2 rings (SSSR count). The van der Waals surface area contributed by atoms with Crippen LogP contribution in [-0.2, 0) is 21.2 Å². The molecule has 0 saturated heterocycles. The largest absolute Gasteiger partial charge is 0.494 e. The van der Waals surface area contributed by atoms with Gasteiger partial charge in [-0.1, -0.05) is 32.4 Å². The lowest BCUT2D eigenvalue weighted by Crippen LogP contribution is -2.47. The van der Waals surface area contributed by atoms with Crippen molar-refractivity contribution in [3.8, 4) is 5.75 Å². The van der Waals surface area contributed by atoms with Gasteiger partial charge in [0.05, 0.1) is 18.6 Å². The van der Waals surface area contributed by atoms with E-state index in [2.05, 4.69) is 12.2 Å². The second-order valence-electron chi connectivity index (χ2n) is 7.20. The summed E-state index contributed by atoms with van der Waals surface area (Å²) in [6, 6.07) is 13.6. The first-order valence-electron chi connectivity index (χ1n) is 10.4. The maximum absolute atomic E-state index is 13.0. The maximum Gasteiger partial charge on any atom is 0.248 e. The highest BCUT2D eigenvalue weighted by atomic mass is 32.2. The Balaban J connectivity index is 2.22. The Morgan fingerprint density at radius 3 is 2.17 bits per heavy atom. The standard InChI is InChI=1S/C23H32N2O4S/c1-5-8-9-18-10-12-19(13-11-18)24-23(26)22(6-2)25(30(4,27)28)20-14-16-21(17-15-20)29-7-3/h10-17,22H,5-9H2,1-4H3,(H,24,26). The molecule has 0 aliphatic heterocycles. The first-order valence-corrected chi connectivity index (χ1v) is 12.3. The monoisotopic (exact) mass is 432 g/mol. The average molecular weight is 433 g/mol. The highest BCUT2D eigenvalue weighted by molar-refractivity contribution is 7.92. The van der Waals surface area contributed by atoms with Gasteiger partial charge < -0.3 is 10.1 Å². The van der Waals surface area contributed by atoms with Crippen molar-refractivity contribution in [1.29, 1.82) is 0 Å². The van der Waals surface area contributed by atoms with Gasteiger partial charge in [0.15, 0.2) is 0 Å². The number of nitrogens with one attached hydrogen (secondary N) is 1. The molecule has 0 radical (unpaired) electrons. The van der Waals surface area contributed by atoms with E-state index in [0.717, 1.165) is 25.5 Å². The molecule has 2 aromatic carbocycles. The van der Waals surface area contributed by atoms with Gasteiger partial charge in [-0.05, 0) is 68.1 Å². The van der Waals surface area contributed by atoms with Gasteiger partial charge in [0, 0.05) is 5.69 Å². The number of unbranched alkanes of at least 4 members (excludes halogenated alkanes) is 1. The van der Waals surface area contributed by atoms with Gasteiger partial charge in [-0.15, -0.1) is 0 Å². The van der Waals surface area contributed by atoms with Crippen LogP contribution in [0.3, 0.4) is 0 Å². The minimum Gasteiger partial charge on any atom is -0.494 e. The highest BCUT2D eigenvalue weighted by Crippen LogP contribution is 2.26. The summed E-state index contributed by atoms with van der Waals surface area (Å²) in [5, 5.41) is 2.86. The fourth-order valence-corrected chi connectivity index (χ4v) is 4.49. The Labute approximate surface area is 180 Å². The number of carbonyl (C=O) groups is 1. The molecule has 1 atom stereocenters. The Hall–Kier alpha value is -2.54. The Morgan fingerprint density at radius 1 is 1.03 bits per heavy atom. The molecule has 164 valence electrons. The van der Waals surface area contributed by atoms with Gasteiger partial charge >= 0.3 is 0 Å². The van der Waals surface area contributed by atoms with Crippen molar-refractivity contribution in [1.82, 2.24) is 0 Å². The number of carbonyl (C=O) groups excluding carboxylic acids is 1. The number of ether oxygens (including phenoxy) is 1. The van der Waals surface area contributed by atoms with Crippen LogP contribution in [0.25, 0.3) is 0 Å². The summed E-state index contributed by atoms with van der Waals surface area (Å²) in [7, 11) is -3.68. The fraction of sp³-hybridized carbons (Fsp3) is 0.435. The van der Waals surface area contributed by atoms with E-state index in [-0.39, 0.29) is 5.91 Å². The number of benzene rings is 2. The quantitative estimate of drug-likeness (QED) is 0.562. The second-order valence-corrected chi connectivity index (χ2v) is 9.06. The smallest absolute Gasteiger partial charge is 0.248 e. The number of amides is 1. The highest BCUT2D eigenvalue weighted by Gasteiger charge is 2.31. The zero-order chi connectivity index (χ0) is 22.1. The van der Waals surface area contributed by atoms with Crippen LogP contribution in [-0.4, -0.2) is 33.2 Å². The van der Waals surface area contributed by atoms with Crippen molar-refractivity contribution in [2.75, 3.05) is 22.5 Å². The number of nitrogens with zero attached hydrogens (tertiary/aromatic N) is 1. The zero-order valence-corrected chi connectivity index (χ0v) is 19.0. The van der Waals surface area contributed by atoms with Gasteiger partial charge in [-0.25, -0.2) is 8.42 Å². The van der Waals surface area contributed by atoms with E-state index in [1.54, 1.807) is 31.2 Å². The Bertz CT molecular complexity index is 909. The van der Waals surface area contributed by atoms with E-state index < -0.39 is 16.1 Å². The molecule has 1 N–H and O–H groups in total. The predicted octanol–water partition coefficient (Wildman–Crippen LogP) is 4.61. The molecule has 2 aromatic rings. The van der Waals surface area contributed by atoms with E-state index >= 15 is 0 Å². The predicted molar refractivity (Wildman–Crippen MR) is 123 cm³/mol. The number of anilines is 2. The molecule has 0 saturated carbocycles. The SMILES string of the molecule is CCCCc1ccc(NC(=O)C(CC)N(c2ccc(OCC)cc2)S(C)(=O)=O)cc1. The molecule has 0 aliphatic rings. The summed E-state index contributed by atoms with van der Waals surface area (Å²) in [6.07, 6.45) is 4.70.